The maximum absolute atomic E-state index is 12.7. The van der Waals surface area contributed by atoms with Gasteiger partial charge >= 0.3 is 5.97 Å². The zero-order chi connectivity index (χ0) is 17.1. The van der Waals surface area contributed by atoms with Gasteiger partial charge < -0.3 is 9.30 Å². The molecule has 0 bridgehead atoms. The van der Waals surface area contributed by atoms with Crippen molar-refractivity contribution in [3.63, 3.8) is 0 Å². The van der Waals surface area contributed by atoms with Crippen molar-refractivity contribution in [2.45, 2.75) is 20.4 Å². The lowest BCUT2D eigenvalue weighted by Crippen LogP contribution is -2.21. The van der Waals surface area contributed by atoms with Gasteiger partial charge in [-0.25, -0.2) is 4.79 Å². The summed E-state index contributed by atoms with van der Waals surface area (Å²) in [4.78, 5) is 29.1. The average molecular weight is 322 g/mol. The molecule has 0 fully saturated rings. The normalized spacial score (nSPS) is 10.8. The fourth-order valence-corrected chi connectivity index (χ4v) is 2.63. The quantitative estimate of drug-likeness (QED) is 0.693. The maximum atomic E-state index is 12.7. The van der Waals surface area contributed by atoms with Crippen LogP contribution in [0, 0.1) is 6.92 Å². The highest BCUT2D eigenvalue weighted by molar-refractivity contribution is 5.94. The van der Waals surface area contributed by atoms with Crippen molar-refractivity contribution < 1.29 is 9.53 Å². The molecule has 122 valence electrons. The monoisotopic (exact) mass is 322 g/mol. The van der Waals surface area contributed by atoms with Crippen molar-refractivity contribution in [2.75, 3.05) is 6.61 Å². The van der Waals surface area contributed by atoms with Gasteiger partial charge in [-0.2, -0.15) is 0 Å². The number of aromatic nitrogens is 2. The van der Waals surface area contributed by atoms with E-state index >= 15 is 0 Å². The zero-order valence-corrected chi connectivity index (χ0v) is 13.7. The molecular weight excluding hydrogens is 304 g/mol. The average Bonchev–Trinajstić information content (AvgIpc) is 2.58. The summed E-state index contributed by atoms with van der Waals surface area (Å²) in [6.45, 7) is 4.23. The van der Waals surface area contributed by atoms with E-state index < -0.39 is 5.97 Å². The van der Waals surface area contributed by atoms with Crippen molar-refractivity contribution in [2.24, 2.45) is 0 Å². The largest absolute Gasteiger partial charge is 0.462 e. The van der Waals surface area contributed by atoms with Crippen LogP contribution in [0.15, 0.2) is 53.5 Å². The number of rotatable bonds is 4. The Bertz CT molecular complexity index is 946. The second-order valence-corrected chi connectivity index (χ2v) is 5.51. The Kier molecular flexibility index (Phi) is 4.42. The minimum absolute atomic E-state index is 0.172. The summed E-state index contributed by atoms with van der Waals surface area (Å²) < 4.78 is 6.65. The van der Waals surface area contributed by atoms with Crippen LogP contribution in [0.1, 0.15) is 28.5 Å². The summed E-state index contributed by atoms with van der Waals surface area (Å²) in [6, 6.07) is 13.1. The van der Waals surface area contributed by atoms with Crippen molar-refractivity contribution in [3.8, 4) is 0 Å². The van der Waals surface area contributed by atoms with Gasteiger partial charge in [-0.1, -0.05) is 30.3 Å². The molecule has 0 aliphatic carbocycles. The third kappa shape index (κ3) is 3.06. The molecule has 0 radical (unpaired) electrons. The fraction of sp³-hybridized carbons (Fsp3) is 0.211. The van der Waals surface area contributed by atoms with Crippen LogP contribution in [0.3, 0.4) is 0 Å². The molecule has 0 saturated heterocycles. The molecule has 0 atom stereocenters. The van der Waals surface area contributed by atoms with Gasteiger partial charge in [-0.15, -0.1) is 0 Å². The van der Waals surface area contributed by atoms with Crippen LogP contribution in [0.4, 0.5) is 0 Å². The Morgan fingerprint density at radius 2 is 1.96 bits per heavy atom. The van der Waals surface area contributed by atoms with Crippen LogP contribution in [-0.4, -0.2) is 22.1 Å². The summed E-state index contributed by atoms with van der Waals surface area (Å²) in [6.07, 6.45) is 1.73. The number of fused-ring (bicyclic) bond motifs is 1. The molecule has 0 spiro atoms. The van der Waals surface area contributed by atoms with E-state index in [1.54, 1.807) is 36.7 Å². The van der Waals surface area contributed by atoms with Crippen LogP contribution in [0.5, 0.6) is 0 Å². The Morgan fingerprint density at radius 1 is 1.21 bits per heavy atom. The van der Waals surface area contributed by atoms with E-state index in [-0.39, 0.29) is 12.2 Å². The van der Waals surface area contributed by atoms with Crippen LogP contribution in [0.25, 0.3) is 10.9 Å². The molecule has 0 aliphatic heterocycles. The van der Waals surface area contributed by atoms with Gasteiger partial charge in [0, 0.05) is 6.20 Å². The van der Waals surface area contributed by atoms with Crippen molar-refractivity contribution in [3.05, 3.63) is 75.8 Å². The number of hydrogen-bond donors (Lipinski definition) is 0. The molecule has 2 aromatic heterocycles. The smallest absolute Gasteiger partial charge is 0.339 e. The molecule has 5 heteroatoms. The van der Waals surface area contributed by atoms with Crippen LogP contribution >= 0.6 is 0 Å². The number of pyridine rings is 2. The number of ether oxygens (including phenoxy) is 1. The topological polar surface area (TPSA) is 61.2 Å². The summed E-state index contributed by atoms with van der Waals surface area (Å²) in [5, 5.41) is 0.419. The first-order chi connectivity index (χ1) is 11.6. The van der Waals surface area contributed by atoms with Gasteiger partial charge in [0.2, 0.25) is 0 Å². The van der Waals surface area contributed by atoms with Gasteiger partial charge in [-0.05, 0) is 31.5 Å². The van der Waals surface area contributed by atoms with Gasteiger partial charge in [0.1, 0.15) is 0 Å². The molecular formula is C19H18N2O3. The Hall–Kier alpha value is -2.95. The van der Waals surface area contributed by atoms with Gasteiger partial charge in [0.05, 0.1) is 35.3 Å². The number of aryl methyl sites for hydroxylation is 1. The molecule has 0 saturated carbocycles. The predicted octanol–water partition coefficient (Wildman–Crippen LogP) is 2.93. The van der Waals surface area contributed by atoms with E-state index in [1.165, 1.54) is 0 Å². The number of hydrogen-bond acceptors (Lipinski definition) is 4. The number of nitrogens with zero attached hydrogens (tertiary/aromatic N) is 2. The number of carbonyl (C=O) groups excluding carboxylic acids is 1. The highest BCUT2D eigenvalue weighted by Crippen LogP contribution is 2.15. The van der Waals surface area contributed by atoms with Crippen LogP contribution in [0.2, 0.25) is 0 Å². The van der Waals surface area contributed by atoms with E-state index in [0.717, 1.165) is 5.56 Å². The fourth-order valence-electron chi connectivity index (χ4n) is 2.63. The second kappa shape index (κ2) is 6.66. The lowest BCUT2D eigenvalue weighted by Gasteiger charge is -2.10. The Labute approximate surface area is 139 Å². The Morgan fingerprint density at radius 3 is 2.67 bits per heavy atom. The first-order valence-electron chi connectivity index (χ1n) is 7.82. The Balaban J connectivity index is 2.08. The highest BCUT2D eigenvalue weighted by Gasteiger charge is 2.14. The van der Waals surface area contributed by atoms with Gasteiger partial charge in [0.15, 0.2) is 0 Å². The van der Waals surface area contributed by atoms with Crippen molar-refractivity contribution in [1.29, 1.82) is 0 Å². The number of carbonyl (C=O) groups is 1. The van der Waals surface area contributed by atoms with E-state index in [1.807, 2.05) is 30.3 Å². The molecule has 2 heterocycles. The summed E-state index contributed by atoms with van der Waals surface area (Å²) in [7, 11) is 0. The molecule has 24 heavy (non-hydrogen) atoms. The molecule has 5 nitrogen and oxygen atoms in total. The number of esters is 1. The lowest BCUT2D eigenvalue weighted by molar-refractivity contribution is 0.0525. The first kappa shape index (κ1) is 15.9. The highest BCUT2D eigenvalue weighted by atomic mass is 16.5. The maximum Gasteiger partial charge on any atom is 0.339 e. The summed E-state index contributed by atoms with van der Waals surface area (Å²) in [5.74, 6) is -0.456. The molecule has 0 N–H and O–H groups in total. The van der Waals surface area contributed by atoms with E-state index in [4.69, 9.17) is 4.74 Å². The van der Waals surface area contributed by atoms with Gasteiger partial charge in [0.25, 0.3) is 5.56 Å². The number of benzene rings is 1. The van der Waals surface area contributed by atoms with Crippen molar-refractivity contribution >= 4 is 16.9 Å². The van der Waals surface area contributed by atoms with E-state index in [2.05, 4.69) is 4.98 Å². The SMILES string of the molecule is CCOC(=O)c1cc2c(=O)n(Cc3ccccc3)ccc2nc1C. The summed E-state index contributed by atoms with van der Waals surface area (Å²) in [5.41, 5.74) is 2.33. The second-order valence-electron chi connectivity index (χ2n) is 5.51. The minimum atomic E-state index is -0.456. The molecule has 1 aromatic carbocycles. The van der Waals surface area contributed by atoms with Gasteiger partial charge in [-0.3, -0.25) is 9.78 Å². The van der Waals surface area contributed by atoms with E-state index in [0.29, 0.717) is 28.7 Å². The minimum Gasteiger partial charge on any atom is -0.462 e. The van der Waals surface area contributed by atoms with Crippen molar-refractivity contribution in [1.82, 2.24) is 9.55 Å². The molecule has 3 rings (SSSR count). The molecule has 0 amide bonds. The van der Waals surface area contributed by atoms with E-state index in [9.17, 15) is 9.59 Å². The van der Waals surface area contributed by atoms with Crippen LogP contribution < -0.4 is 5.56 Å². The summed E-state index contributed by atoms with van der Waals surface area (Å²) >= 11 is 0. The van der Waals surface area contributed by atoms with Crippen LogP contribution in [-0.2, 0) is 11.3 Å². The molecule has 0 aliphatic rings. The standard InChI is InChI=1S/C19H18N2O3/c1-3-24-19(23)15-11-16-17(20-13(15)2)9-10-21(18(16)22)12-14-7-5-4-6-8-14/h4-11H,3,12H2,1-2H3. The lowest BCUT2D eigenvalue weighted by atomic mass is 10.1. The zero-order valence-electron chi connectivity index (χ0n) is 13.7. The predicted molar refractivity (Wildman–Crippen MR) is 92.2 cm³/mol. The molecule has 3 aromatic rings. The third-order valence-corrected chi connectivity index (χ3v) is 3.84. The molecule has 0 unspecified atom stereocenters. The first-order valence-corrected chi connectivity index (χ1v) is 7.82. The third-order valence-electron chi connectivity index (χ3n) is 3.84.